The number of benzene rings is 2. The summed E-state index contributed by atoms with van der Waals surface area (Å²) < 4.78 is 11.5. The predicted octanol–water partition coefficient (Wildman–Crippen LogP) is 3.79. The largest absolute Gasteiger partial charge is 0.493 e. The average Bonchev–Trinajstić information content (AvgIpc) is 3.05. The molecular weight excluding hydrogens is 364 g/mol. The van der Waals surface area contributed by atoms with Gasteiger partial charge in [0, 0.05) is 5.56 Å². The molecule has 0 atom stereocenters. The number of H-pyrrole nitrogens is 2. The normalized spacial score (nSPS) is 11.0. The highest BCUT2D eigenvalue weighted by Crippen LogP contribution is 2.27. The molecule has 0 radical (unpaired) electrons. The van der Waals surface area contributed by atoms with Gasteiger partial charge in [-0.2, -0.15) is 5.10 Å². The third kappa shape index (κ3) is 4.53. The SMILES string of the molecule is CCCOc1ccc(/C=N\NC(=O)c2ccc3[nH]c(=S)[nH]c3c2)cc1OC. The maximum Gasteiger partial charge on any atom is 0.271 e. The molecule has 1 aromatic heterocycles. The van der Waals surface area contributed by atoms with E-state index in [9.17, 15) is 4.79 Å². The fraction of sp³-hybridized carbons (Fsp3) is 0.211. The van der Waals surface area contributed by atoms with Crippen LogP contribution in [0.4, 0.5) is 0 Å². The molecule has 0 aliphatic carbocycles. The second-order valence-corrected chi connectivity index (χ2v) is 6.21. The van der Waals surface area contributed by atoms with Crippen molar-refractivity contribution in [2.75, 3.05) is 13.7 Å². The number of hydrogen-bond donors (Lipinski definition) is 3. The van der Waals surface area contributed by atoms with E-state index in [1.165, 1.54) is 0 Å². The van der Waals surface area contributed by atoms with Crippen molar-refractivity contribution in [3.63, 3.8) is 0 Å². The maximum atomic E-state index is 12.3. The third-order valence-corrected chi connectivity index (χ3v) is 4.01. The number of methoxy groups -OCH3 is 1. The number of aromatic nitrogens is 2. The zero-order valence-corrected chi connectivity index (χ0v) is 15.9. The molecule has 0 fully saturated rings. The van der Waals surface area contributed by atoms with E-state index in [4.69, 9.17) is 21.7 Å². The fourth-order valence-corrected chi connectivity index (χ4v) is 2.72. The number of hydrogen-bond acceptors (Lipinski definition) is 5. The summed E-state index contributed by atoms with van der Waals surface area (Å²) in [5.74, 6) is 0.980. The van der Waals surface area contributed by atoms with Crippen LogP contribution in [-0.4, -0.2) is 35.8 Å². The number of nitrogens with zero attached hydrogens (tertiary/aromatic N) is 1. The number of carbonyl (C=O) groups is 1. The van der Waals surface area contributed by atoms with Gasteiger partial charge >= 0.3 is 0 Å². The molecule has 3 aromatic rings. The molecule has 27 heavy (non-hydrogen) atoms. The first kappa shape index (κ1) is 18.7. The Labute approximate surface area is 161 Å². The van der Waals surface area contributed by atoms with E-state index in [0.717, 1.165) is 23.0 Å². The molecular formula is C19H20N4O3S. The Balaban J connectivity index is 1.68. The van der Waals surface area contributed by atoms with Gasteiger partial charge in [-0.1, -0.05) is 6.92 Å². The van der Waals surface area contributed by atoms with Crippen LogP contribution in [0.25, 0.3) is 11.0 Å². The van der Waals surface area contributed by atoms with Gasteiger partial charge in [0.05, 0.1) is 31.0 Å². The topological polar surface area (TPSA) is 91.5 Å². The van der Waals surface area contributed by atoms with Gasteiger partial charge < -0.3 is 19.4 Å². The zero-order valence-electron chi connectivity index (χ0n) is 15.0. The second-order valence-electron chi connectivity index (χ2n) is 5.80. The van der Waals surface area contributed by atoms with E-state index in [0.29, 0.717) is 28.4 Å². The molecule has 140 valence electrons. The Morgan fingerprint density at radius 1 is 1.19 bits per heavy atom. The lowest BCUT2D eigenvalue weighted by Gasteiger charge is -2.10. The van der Waals surface area contributed by atoms with Crippen molar-refractivity contribution in [3.05, 3.63) is 52.3 Å². The number of rotatable bonds is 7. The highest BCUT2D eigenvalue weighted by Gasteiger charge is 2.07. The van der Waals surface area contributed by atoms with Gasteiger partial charge in [0.15, 0.2) is 16.3 Å². The van der Waals surface area contributed by atoms with Crippen LogP contribution in [0.5, 0.6) is 11.5 Å². The number of nitrogens with one attached hydrogen (secondary N) is 3. The van der Waals surface area contributed by atoms with Gasteiger partial charge in [-0.05, 0) is 60.6 Å². The van der Waals surface area contributed by atoms with Crippen LogP contribution in [0, 0.1) is 4.77 Å². The van der Waals surface area contributed by atoms with Crippen molar-refractivity contribution in [1.82, 2.24) is 15.4 Å². The van der Waals surface area contributed by atoms with Gasteiger partial charge in [0.25, 0.3) is 5.91 Å². The Hall–Kier alpha value is -3.13. The van der Waals surface area contributed by atoms with Crippen molar-refractivity contribution in [1.29, 1.82) is 0 Å². The van der Waals surface area contributed by atoms with Crippen LogP contribution in [0.3, 0.4) is 0 Å². The summed E-state index contributed by atoms with van der Waals surface area (Å²) in [6.07, 6.45) is 2.46. The lowest BCUT2D eigenvalue weighted by molar-refractivity contribution is 0.0955. The summed E-state index contributed by atoms with van der Waals surface area (Å²) in [6.45, 7) is 2.66. The molecule has 3 rings (SSSR count). The molecule has 2 aromatic carbocycles. The third-order valence-electron chi connectivity index (χ3n) is 3.81. The second kappa shape index (κ2) is 8.50. The fourth-order valence-electron chi connectivity index (χ4n) is 2.50. The highest BCUT2D eigenvalue weighted by atomic mass is 32.1. The van der Waals surface area contributed by atoms with Crippen molar-refractivity contribution in [2.24, 2.45) is 5.10 Å². The number of hydrazone groups is 1. The molecule has 1 amide bonds. The Kier molecular flexibility index (Phi) is 5.87. The first-order valence-corrected chi connectivity index (χ1v) is 8.88. The molecule has 0 aliphatic rings. The number of ether oxygens (including phenoxy) is 2. The molecule has 1 heterocycles. The summed E-state index contributed by atoms with van der Waals surface area (Å²) in [5.41, 5.74) is 5.38. The van der Waals surface area contributed by atoms with Crippen LogP contribution < -0.4 is 14.9 Å². The summed E-state index contributed by atoms with van der Waals surface area (Å²) in [6, 6.07) is 10.7. The predicted molar refractivity (Wildman–Crippen MR) is 107 cm³/mol. The summed E-state index contributed by atoms with van der Waals surface area (Å²) in [4.78, 5) is 18.2. The van der Waals surface area contributed by atoms with Crippen LogP contribution in [0.1, 0.15) is 29.3 Å². The van der Waals surface area contributed by atoms with Gasteiger partial charge in [-0.3, -0.25) is 4.79 Å². The quantitative estimate of drug-likeness (QED) is 0.328. The van der Waals surface area contributed by atoms with Crippen LogP contribution in [0.15, 0.2) is 41.5 Å². The van der Waals surface area contributed by atoms with E-state index in [1.54, 1.807) is 37.6 Å². The van der Waals surface area contributed by atoms with Crippen LogP contribution in [0.2, 0.25) is 0 Å². The number of aromatic amines is 2. The number of amides is 1. The monoisotopic (exact) mass is 384 g/mol. The lowest BCUT2D eigenvalue weighted by Crippen LogP contribution is -2.17. The summed E-state index contributed by atoms with van der Waals surface area (Å²) in [5, 5.41) is 4.01. The Morgan fingerprint density at radius 2 is 2.00 bits per heavy atom. The van der Waals surface area contributed by atoms with Gasteiger partial charge in [-0.25, -0.2) is 5.43 Å². The number of carbonyl (C=O) groups excluding carboxylic acids is 1. The van der Waals surface area contributed by atoms with E-state index < -0.39 is 0 Å². The van der Waals surface area contributed by atoms with E-state index >= 15 is 0 Å². The van der Waals surface area contributed by atoms with E-state index in [-0.39, 0.29) is 5.91 Å². The first-order chi connectivity index (χ1) is 13.1. The van der Waals surface area contributed by atoms with Gasteiger partial charge in [0.1, 0.15) is 0 Å². The van der Waals surface area contributed by atoms with E-state index in [1.807, 2.05) is 19.1 Å². The minimum Gasteiger partial charge on any atom is -0.493 e. The summed E-state index contributed by atoms with van der Waals surface area (Å²) in [7, 11) is 1.58. The molecule has 7 nitrogen and oxygen atoms in total. The van der Waals surface area contributed by atoms with Crippen LogP contribution >= 0.6 is 12.2 Å². The minimum absolute atomic E-state index is 0.316. The lowest BCUT2D eigenvalue weighted by atomic mass is 10.2. The molecule has 0 saturated carbocycles. The molecule has 0 bridgehead atoms. The maximum absolute atomic E-state index is 12.3. The first-order valence-electron chi connectivity index (χ1n) is 8.47. The number of fused-ring (bicyclic) bond motifs is 1. The van der Waals surface area contributed by atoms with E-state index in [2.05, 4.69) is 20.5 Å². The summed E-state index contributed by atoms with van der Waals surface area (Å²) >= 11 is 5.04. The molecule has 8 heteroatoms. The van der Waals surface area contributed by atoms with Crippen molar-refractivity contribution in [2.45, 2.75) is 13.3 Å². The van der Waals surface area contributed by atoms with Crippen LogP contribution in [-0.2, 0) is 0 Å². The molecule has 3 N–H and O–H groups in total. The van der Waals surface area contributed by atoms with Crippen molar-refractivity contribution < 1.29 is 14.3 Å². The zero-order chi connectivity index (χ0) is 19.2. The molecule has 0 unspecified atom stereocenters. The van der Waals surface area contributed by atoms with Gasteiger partial charge in [0.2, 0.25) is 0 Å². The average molecular weight is 384 g/mol. The smallest absolute Gasteiger partial charge is 0.271 e. The standard InChI is InChI=1S/C19H20N4O3S/c1-3-8-26-16-7-4-12(9-17(16)25-2)11-20-23-18(24)13-5-6-14-15(10-13)22-19(27)21-14/h4-7,9-11H,3,8H2,1-2H3,(H,23,24)(H2,21,22,27)/b20-11-. The number of imidazole rings is 1. The van der Waals surface area contributed by atoms with Crippen molar-refractivity contribution in [3.8, 4) is 11.5 Å². The molecule has 0 spiro atoms. The Morgan fingerprint density at radius 3 is 2.78 bits per heavy atom. The molecule has 0 saturated heterocycles. The highest BCUT2D eigenvalue weighted by molar-refractivity contribution is 7.71. The molecule has 0 aliphatic heterocycles. The van der Waals surface area contributed by atoms with Crippen molar-refractivity contribution >= 4 is 35.4 Å². The van der Waals surface area contributed by atoms with Gasteiger partial charge in [-0.15, -0.1) is 0 Å². The Bertz CT molecular complexity index is 1040. The minimum atomic E-state index is -0.316.